The molecule has 0 saturated carbocycles. The third-order valence-corrected chi connectivity index (χ3v) is 5.74. The minimum atomic E-state index is -0.626. The predicted molar refractivity (Wildman–Crippen MR) is 133 cm³/mol. The maximum Gasteiger partial charge on any atom is 0.315 e. The standard InChI is InChI=1S/C24H21ClFN9O2/c1-14-30-22(34(32-14)17-5-4-15-3-2-8-27-20(15)10-17)11-28-24(37)29-12-23-31-21(13-36)33-35(23)16-6-7-18(25)19(26)9-16/h2-10,36H,11-13H2,1H3,(H2,28,29,37). The van der Waals surface area contributed by atoms with Gasteiger partial charge in [-0.05, 0) is 37.3 Å². The number of fused-ring (bicyclic) bond motifs is 1. The Balaban J connectivity index is 1.28. The molecule has 13 heteroatoms. The lowest BCUT2D eigenvalue weighted by atomic mass is 10.2. The second-order valence-corrected chi connectivity index (χ2v) is 8.42. The van der Waals surface area contributed by atoms with Gasteiger partial charge >= 0.3 is 6.03 Å². The number of nitrogens with one attached hydrogen (secondary N) is 2. The lowest BCUT2D eigenvalue weighted by molar-refractivity contribution is 0.239. The van der Waals surface area contributed by atoms with Crippen LogP contribution in [0.5, 0.6) is 0 Å². The van der Waals surface area contributed by atoms with Crippen molar-refractivity contribution in [3.05, 3.63) is 88.9 Å². The molecule has 37 heavy (non-hydrogen) atoms. The summed E-state index contributed by atoms with van der Waals surface area (Å²) in [6.07, 6.45) is 1.72. The van der Waals surface area contributed by atoms with Gasteiger partial charge in [0.05, 0.1) is 35.0 Å². The van der Waals surface area contributed by atoms with Crippen molar-refractivity contribution in [2.75, 3.05) is 0 Å². The van der Waals surface area contributed by atoms with Crippen LogP contribution in [0.4, 0.5) is 9.18 Å². The number of carbonyl (C=O) groups excluding carboxylic acids is 1. The summed E-state index contributed by atoms with van der Waals surface area (Å²) in [7, 11) is 0. The molecule has 0 bridgehead atoms. The van der Waals surface area contributed by atoms with Gasteiger partial charge < -0.3 is 15.7 Å². The topological polar surface area (TPSA) is 136 Å². The minimum absolute atomic E-state index is 0.0339. The Labute approximate surface area is 215 Å². The third-order valence-electron chi connectivity index (χ3n) is 5.44. The van der Waals surface area contributed by atoms with Crippen molar-refractivity contribution >= 4 is 28.5 Å². The number of aliphatic hydroxyl groups excluding tert-OH is 1. The number of rotatable bonds is 7. The normalized spacial score (nSPS) is 11.1. The predicted octanol–water partition coefficient (Wildman–Crippen LogP) is 2.99. The van der Waals surface area contributed by atoms with Gasteiger partial charge in [-0.3, -0.25) is 4.98 Å². The molecule has 0 aliphatic rings. The zero-order valence-corrected chi connectivity index (χ0v) is 20.3. The Morgan fingerprint density at radius 1 is 1.00 bits per heavy atom. The van der Waals surface area contributed by atoms with Crippen LogP contribution in [0.2, 0.25) is 5.02 Å². The van der Waals surface area contributed by atoms with E-state index in [4.69, 9.17) is 11.6 Å². The molecule has 0 spiro atoms. The summed E-state index contributed by atoms with van der Waals surface area (Å²) >= 11 is 5.77. The van der Waals surface area contributed by atoms with Crippen molar-refractivity contribution in [1.29, 1.82) is 0 Å². The number of aryl methyl sites for hydroxylation is 1. The summed E-state index contributed by atoms with van der Waals surface area (Å²) in [5.41, 5.74) is 1.93. The fourth-order valence-corrected chi connectivity index (χ4v) is 3.86. The Hall–Kier alpha value is -4.42. The molecular formula is C24H21ClFN9O2. The first-order valence-electron chi connectivity index (χ1n) is 11.2. The molecule has 0 unspecified atom stereocenters. The number of pyridine rings is 1. The Morgan fingerprint density at radius 3 is 2.46 bits per heavy atom. The van der Waals surface area contributed by atoms with Crippen LogP contribution in [0.1, 0.15) is 23.3 Å². The van der Waals surface area contributed by atoms with Gasteiger partial charge in [0.1, 0.15) is 18.2 Å². The number of benzene rings is 2. The summed E-state index contributed by atoms with van der Waals surface area (Å²) < 4.78 is 16.9. The molecular weight excluding hydrogens is 501 g/mol. The van der Waals surface area contributed by atoms with Crippen LogP contribution in [0.15, 0.2) is 54.7 Å². The zero-order valence-electron chi connectivity index (χ0n) is 19.6. The first-order valence-corrected chi connectivity index (χ1v) is 11.6. The van der Waals surface area contributed by atoms with Crippen molar-refractivity contribution < 1.29 is 14.3 Å². The van der Waals surface area contributed by atoms with Crippen LogP contribution < -0.4 is 10.6 Å². The highest BCUT2D eigenvalue weighted by Gasteiger charge is 2.15. The third kappa shape index (κ3) is 5.25. The monoisotopic (exact) mass is 521 g/mol. The fraction of sp³-hybridized carbons (Fsp3) is 0.167. The number of halogens is 2. The minimum Gasteiger partial charge on any atom is -0.388 e. The van der Waals surface area contributed by atoms with Gasteiger partial charge in [0.2, 0.25) is 0 Å². The van der Waals surface area contributed by atoms with Gasteiger partial charge in [0.25, 0.3) is 0 Å². The van der Waals surface area contributed by atoms with Gasteiger partial charge in [-0.25, -0.2) is 28.5 Å². The highest BCUT2D eigenvalue weighted by Crippen LogP contribution is 2.19. The van der Waals surface area contributed by atoms with E-state index >= 15 is 0 Å². The summed E-state index contributed by atoms with van der Waals surface area (Å²) in [6, 6.07) is 13.2. The molecule has 5 rings (SSSR count). The van der Waals surface area contributed by atoms with Crippen LogP contribution in [0.3, 0.4) is 0 Å². The lowest BCUT2D eigenvalue weighted by Crippen LogP contribution is -2.36. The number of amides is 2. The van der Waals surface area contributed by atoms with Gasteiger partial charge in [0.15, 0.2) is 17.5 Å². The maximum absolute atomic E-state index is 14.0. The first kappa shape index (κ1) is 24.3. The van der Waals surface area contributed by atoms with E-state index in [9.17, 15) is 14.3 Å². The van der Waals surface area contributed by atoms with Crippen molar-refractivity contribution in [3.63, 3.8) is 0 Å². The Bertz CT molecular complexity index is 1600. The molecule has 11 nitrogen and oxygen atoms in total. The molecule has 0 aliphatic carbocycles. The van der Waals surface area contributed by atoms with Crippen LogP contribution in [0.25, 0.3) is 22.3 Å². The van der Waals surface area contributed by atoms with Crippen LogP contribution in [-0.4, -0.2) is 45.7 Å². The smallest absolute Gasteiger partial charge is 0.315 e. The largest absolute Gasteiger partial charge is 0.388 e. The lowest BCUT2D eigenvalue weighted by Gasteiger charge is -2.10. The van der Waals surface area contributed by atoms with Crippen molar-refractivity contribution in [2.24, 2.45) is 0 Å². The van der Waals surface area contributed by atoms with Gasteiger partial charge in [0, 0.05) is 17.6 Å². The Kier molecular flexibility index (Phi) is 6.75. The van der Waals surface area contributed by atoms with Gasteiger partial charge in [-0.15, -0.1) is 5.10 Å². The number of urea groups is 1. The molecule has 0 aliphatic heterocycles. The summed E-state index contributed by atoms with van der Waals surface area (Å²) in [5.74, 6) is 0.881. The average Bonchev–Trinajstić information content (AvgIpc) is 3.50. The van der Waals surface area contributed by atoms with E-state index in [1.54, 1.807) is 23.9 Å². The van der Waals surface area contributed by atoms with E-state index < -0.39 is 18.5 Å². The molecule has 0 atom stereocenters. The molecule has 188 valence electrons. The van der Waals surface area contributed by atoms with E-state index in [0.717, 1.165) is 16.6 Å². The second-order valence-electron chi connectivity index (χ2n) is 8.02. The van der Waals surface area contributed by atoms with Crippen molar-refractivity contribution in [3.8, 4) is 11.4 Å². The molecule has 0 fully saturated rings. The zero-order chi connectivity index (χ0) is 25.9. The van der Waals surface area contributed by atoms with Crippen LogP contribution in [0, 0.1) is 12.7 Å². The quantitative estimate of drug-likeness (QED) is 0.299. The highest BCUT2D eigenvalue weighted by molar-refractivity contribution is 6.30. The summed E-state index contributed by atoms with van der Waals surface area (Å²) in [6.45, 7) is 1.42. The van der Waals surface area contributed by atoms with Crippen LogP contribution >= 0.6 is 11.6 Å². The number of hydrogen-bond acceptors (Lipinski definition) is 7. The molecule has 3 aromatic heterocycles. The first-order chi connectivity index (χ1) is 17.9. The number of nitrogens with zero attached hydrogens (tertiary/aromatic N) is 7. The molecule has 5 aromatic rings. The molecule has 3 N–H and O–H groups in total. The summed E-state index contributed by atoms with van der Waals surface area (Å²) in [5, 5.41) is 24.5. The average molecular weight is 522 g/mol. The van der Waals surface area contributed by atoms with E-state index in [-0.39, 0.29) is 23.9 Å². The second kappa shape index (κ2) is 10.3. The SMILES string of the molecule is Cc1nc(CNC(=O)NCc2nc(CO)nn2-c2ccc(Cl)c(F)c2)n(-c2ccc3cccnc3c2)n1. The molecule has 2 aromatic carbocycles. The molecule has 3 heterocycles. The summed E-state index contributed by atoms with van der Waals surface area (Å²) in [4.78, 5) is 25.6. The number of aromatic nitrogens is 7. The number of carbonyl (C=O) groups is 1. The Morgan fingerprint density at radius 2 is 1.70 bits per heavy atom. The fourth-order valence-electron chi connectivity index (χ4n) is 3.74. The van der Waals surface area contributed by atoms with Gasteiger partial charge in [-0.2, -0.15) is 5.10 Å². The van der Waals surface area contributed by atoms with E-state index in [0.29, 0.717) is 23.2 Å². The highest BCUT2D eigenvalue weighted by atomic mass is 35.5. The van der Waals surface area contributed by atoms with E-state index in [2.05, 4.69) is 35.8 Å². The number of hydrogen-bond donors (Lipinski definition) is 3. The van der Waals surface area contributed by atoms with Crippen molar-refractivity contribution in [2.45, 2.75) is 26.6 Å². The van der Waals surface area contributed by atoms with E-state index in [1.807, 2.05) is 30.3 Å². The maximum atomic E-state index is 14.0. The van der Waals surface area contributed by atoms with Gasteiger partial charge in [-0.1, -0.05) is 23.7 Å². The molecule has 0 saturated heterocycles. The number of aliphatic hydroxyl groups is 1. The molecule has 0 radical (unpaired) electrons. The van der Waals surface area contributed by atoms with Crippen molar-refractivity contribution in [1.82, 2.24) is 45.1 Å². The van der Waals surface area contributed by atoms with E-state index in [1.165, 1.54) is 16.8 Å². The van der Waals surface area contributed by atoms with Crippen LogP contribution in [-0.2, 0) is 19.7 Å². The molecule has 2 amide bonds.